The SMILES string of the molecule is Cc1ccc(C(C)C)c2occ(CCNC(C)C)c12. The highest BCUT2D eigenvalue weighted by Gasteiger charge is 2.14. The van der Waals surface area contributed by atoms with E-state index < -0.39 is 0 Å². The minimum Gasteiger partial charge on any atom is -0.464 e. The van der Waals surface area contributed by atoms with Crippen molar-refractivity contribution in [1.29, 1.82) is 0 Å². The van der Waals surface area contributed by atoms with Crippen LogP contribution in [0.15, 0.2) is 22.8 Å². The number of rotatable bonds is 5. The predicted octanol–water partition coefficient (Wildman–Crippen LogP) is 4.41. The highest BCUT2D eigenvalue weighted by atomic mass is 16.3. The molecule has 2 rings (SSSR count). The number of fused-ring (bicyclic) bond motifs is 1. The minimum atomic E-state index is 0.496. The van der Waals surface area contributed by atoms with Crippen molar-refractivity contribution < 1.29 is 4.42 Å². The molecule has 1 heterocycles. The molecule has 1 aromatic carbocycles. The van der Waals surface area contributed by atoms with Crippen LogP contribution in [0.3, 0.4) is 0 Å². The molecule has 19 heavy (non-hydrogen) atoms. The lowest BCUT2D eigenvalue weighted by molar-refractivity contribution is 0.578. The topological polar surface area (TPSA) is 25.2 Å². The quantitative estimate of drug-likeness (QED) is 0.860. The van der Waals surface area contributed by atoms with Crippen LogP contribution in [0.1, 0.15) is 50.3 Å². The lowest BCUT2D eigenvalue weighted by Crippen LogP contribution is -2.24. The zero-order valence-electron chi connectivity index (χ0n) is 12.7. The van der Waals surface area contributed by atoms with Crippen LogP contribution in [0.25, 0.3) is 11.0 Å². The van der Waals surface area contributed by atoms with E-state index in [2.05, 4.69) is 52.1 Å². The van der Waals surface area contributed by atoms with Gasteiger partial charge in [-0.1, -0.05) is 39.8 Å². The second kappa shape index (κ2) is 5.79. The maximum atomic E-state index is 5.85. The van der Waals surface area contributed by atoms with E-state index in [1.54, 1.807) is 0 Å². The first-order chi connectivity index (χ1) is 9.00. The molecule has 2 heteroatoms. The minimum absolute atomic E-state index is 0.496. The molecule has 1 aromatic heterocycles. The fourth-order valence-electron chi connectivity index (χ4n) is 2.55. The molecule has 2 nitrogen and oxygen atoms in total. The van der Waals surface area contributed by atoms with Crippen LogP contribution in [-0.4, -0.2) is 12.6 Å². The van der Waals surface area contributed by atoms with Crippen molar-refractivity contribution in [2.75, 3.05) is 6.54 Å². The van der Waals surface area contributed by atoms with Gasteiger partial charge in [0.25, 0.3) is 0 Å². The summed E-state index contributed by atoms with van der Waals surface area (Å²) in [7, 11) is 0. The highest BCUT2D eigenvalue weighted by molar-refractivity contribution is 5.87. The van der Waals surface area contributed by atoms with Crippen molar-refractivity contribution in [1.82, 2.24) is 5.32 Å². The number of hydrogen-bond acceptors (Lipinski definition) is 2. The number of benzene rings is 1. The molecule has 0 fully saturated rings. The lowest BCUT2D eigenvalue weighted by atomic mass is 9.96. The van der Waals surface area contributed by atoms with E-state index in [9.17, 15) is 0 Å². The first-order valence-corrected chi connectivity index (χ1v) is 7.23. The molecule has 0 amide bonds. The summed E-state index contributed by atoms with van der Waals surface area (Å²) in [6.45, 7) is 11.9. The summed E-state index contributed by atoms with van der Waals surface area (Å²) >= 11 is 0. The zero-order valence-corrected chi connectivity index (χ0v) is 12.7. The Morgan fingerprint density at radius 3 is 2.53 bits per heavy atom. The molecule has 0 spiro atoms. The monoisotopic (exact) mass is 259 g/mol. The van der Waals surface area contributed by atoms with Crippen LogP contribution in [0.5, 0.6) is 0 Å². The molecule has 0 radical (unpaired) electrons. The maximum Gasteiger partial charge on any atom is 0.137 e. The van der Waals surface area contributed by atoms with Gasteiger partial charge >= 0.3 is 0 Å². The average molecular weight is 259 g/mol. The second-order valence-electron chi connectivity index (χ2n) is 5.95. The van der Waals surface area contributed by atoms with E-state index in [1.165, 1.54) is 22.1 Å². The molecular weight excluding hydrogens is 234 g/mol. The molecule has 0 aliphatic heterocycles. The Kier molecular flexibility index (Phi) is 4.31. The fourth-order valence-corrected chi connectivity index (χ4v) is 2.55. The van der Waals surface area contributed by atoms with E-state index in [0.717, 1.165) is 18.5 Å². The Hall–Kier alpha value is -1.28. The van der Waals surface area contributed by atoms with E-state index in [-0.39, 0.29) is 0 Å². The van der Waals surface area contributed by atoms with Gasteiger partial charge in [0.2, 0.25) is 0 Å². The summed E-state index contributed by atoms with van der Waals surface area (Å²) in [4.78, 5) is 0. The maximum absolute atomic E-state index is 5.85. The van der Waals surface area contributed by atoms with Crippen LogP contribution in [-0.2, 0) is 6.42 Å². The second-order valence-corrected chi connectivity index (χ2v) is 5.95. The predicted molar refractivity (Wildman–Crippen MR) is 81.9 cm³/mol. The summed E-state index contributed by atoms with van der Waals surface area (Å²) < 4.78 is 5.85. The Morgan fingerprint density at radius 2 is 1.89 bits per heavy atom. The Morgan fingerprint density at radius 1 is 1.16 bits per heavy atom. The molecule has 0 atom stereocenters. The van der Waals surface area contributed by atoms with Gasteiger partial charge < -0.3 is 9.73 Å². The van der Waals surface area contributed by atoms with Gasteiger partial charge in [-0.15, -0.1) is 0 Å². The standard InChI is InChI=1S/C17H25NO/c1-11(2)15-7-6-13(5)16-14(10-19-17(15)16)8-9-18-12(3)4/h6-7,10-12,18H,8-9H2,1-5H3. The van der Waals surface area contributed by atoms with Gasteiger partial charge in [0, 0.05) is 11.4 Å². The van der Waals surface area contributed by atoms with Gasteiger partial charge in [-0.25, -0.2) is 0 Å². The molecule has 0 aliphatic rings. The number of aryl methyl sites for hydroxylation is 1. The van der Waals surface area contributed by atoms with Crippen LogP contribution in [0, 0.1) is 6.92 Å². The molecule has 104 valence electrons. The van der Waals surface area contributed by atoms with E-state index in [4.69, 9.17) is 4.42 Å². The van der Waals surface area contributed by atoms with Gasteiger partial charge in [-0.3, -0.25) is 0 Å². The summed E-state index contributed by atoms with van der Waals surface area (Å²) in [5.74, 6) is 0.496. The smallest absolute Gasteiger partial charge is 0.137 e. The first kappa shape index (κ1) is 14.1. The van der Waals surface area contributed by atoms with Gasteiger partial charge in [-0.05, 0) is 42.5 Å². The van der Waals surface area contributed by atoms with Crippen LogP contribution in [0.4, 0.5) is 0 Å². The van der Waals surface area contributed by atoms with Crippen molar-refractivity contribution in [3.8, 4) is 0 Å². The molecule has 0 unspecified atom stereocenters. The molecular formula is C17H25NO. The highest BCUT2D eigenvalue weighted by Crippen LogP contribution is 2.31. The zero-order chi connectivity index (χ0) is 14.0. The number of hydrogen-bond donors (Lipinski definition) is 1. The third-order valence-corrected chi connectivity index (χ3v) is 3.61. The third kappa shape index (κ3) is 3.01. The summed E-state index contributed by atoms with van der Waals surface area (Å²) in [6.07, 6.45) is 2.96. The molecule has 1 N–H and O–H groups in total. The average Bonchev–Trinajstić information content (AvgIpc) is 2.73. The van der Waals surface area contributed by atoms with Crippen molar-refractivity contribution in [3.05, 3.63) is 35.1 Å². The molecule has 0 saturated carbocycles. The van der Waals surface area contributed by atoms with Gasteiger partial charge in [-0.2, -0.15) is 0 Å². The summed E-state index contributed by atoms with van der Waals surface area (Å²) in [5, 5.41) is 4.78. The van der Waals surface area contributed by atoms with Crippen LogP contribution >= 0.6 is 0 Å². The molecule has 0 saturated heterocycles. The molecule has 0 bridgehead atoms. The summed E-state index contributed by atoms with van der Waals surface area (Å²) in [6, 6.07) is 4.94. The largest absolute Gasteiger partial charge is 0.464 e. The van der Waals surface area contributed by atoms with Crippen LogP contribution in [0.2, 0.25) is 0 Å². The van der Waals surface area contributed by atoms with E-state index in [1.807, 2.05) is 6.26 Å². The number of nitrogens with one attached hydrogen (secondary N) is 1. The molecule has 0 aliphatic carbocycles. The Balaban J connectivity index is 2.33. The fraction of sp³-hybridized carbons (Fsp3) is 0.529. The lowest BCUT2D eigenvalue weighted by Gasteiger charge is -2.09. The van der Waals surface area contributed by atoms with Gasteiger partial charge in [0.05, 0.1) is 6.26 Å². The van der Waals surface area contributed by atoms with Crippen molar-refractivity contribution >= 4 is 11.0 Å². The molecule has 2 aromatic rings. The summed E-state index contributed by atoms with van der Waals surface area (Å²) in [5.41, 5.74) is 5.02. The van der Waals surface area contributed by atoms with Gasteiger partial charge in [0.1, 0.15) is 5.58 Å². The van der Waals surface area contributed by atoms with Gasteiger partial charge in [0.15, 0.2) is 0 Å². The van der Waals surface area contributed by atoms with Crippen LogP contribution < -0.4 is 5.32 Å². The number of furan rings is 1. The Labute approximate surface area is 116 Å². The third-order valence-electron chi connectivity index (χ3n) is 3.61. The Bertz CT molecular complexity index is 552. The van der Waals surface area contributed by atoms with Crippen molar-refractivity contribution in [3.63, 3.8) is 0 Å². The van der Waals surface area contributed by atoms with E-state index in [0.29, 0.717) is 12.0 Å². The van der Waals surface area contributed by atoms with E-state index >= 15 is 0 Å². The normalized spacial score (nSPS) is 11.9. The van der Waals surface area contributed by atoms with Crippen molar-refractivity contribution in [2.45, 2.75) is 53.0 Å². The first-order valence-electron chi connectivity index (χ1n) is 7.23. The van der Waals surface area contributed by atoms with Crippen molar-refractivity contribution in [2.24, 2.45) is 0 Å².